The lowest BCUT2D eigenvalue weighted by Crippen LogP contribution is -2.33. The quantitative estimate of drug-likeness (QED) is 0.823. The number of amides is 2. The Morgan fingerprint density at radius 1 is 1.33 bits per heavy atom. The number of nitrogens with one attached hydrogen (secondary N) is 1. The Balaban J connectivity index is 1.51. The highest BCUT2D eigenvalue weighted by Gasteiger charge is 2.33. The summed E-state index contributed by atoms with van der Waals surface area (Å²) in [5.74, 6) is 1.04. The third-order valence-electron chi connectivity index (χ3n) is 4.22. The summed E-state index contributed by atoms with van der Waals surface area (Å²) in [7, 11) is 1.60. The molecule has 1 fully saturated rings. The molecule has 7 heteroatoms. The number of methoxy groups -OCH3 is 1. The lowest BCUT2D eigenvalue weighted by atomic mass is 10.1. The first kappa shape index (κ1) is 16.6. The van der Waals surface area contributed by atoms with Crippen LogP contribution < -0.4 is 14.8 Å². The van der Waals surface area contributed by atoms with E-state index in [0.717, 1.165) is 11.3 Å². The number of rotatable bonds is 6. The second-order valence-corrected chi connectivity index (χ2v) is 5.93. The van der Waals surface area contributed by atoms with Crippen molar-refractivity contribution in [2.75, 3.05) is 40.0 Å². The van der Waals surface area contributed by atoms with Crippen molar-refractivity contribution in [3.8, 4) is 11.5 Å². The predicted octanol–water partition coefficient (Wildman–Crippen LogP) is 0.569. The van der Waals surface area contributed by atoms with Gasteiger partial charge < -0.3 is 24.4 Å². The van der Waals surface area contributed by atoms with Crippen LogP contribution in [0.5, 0.6) is 11.5 Å². The van der Waals surface area contributed by atoms with Gasteiger partial charge in [-0.3, -0.25) is 9.59 Å². The van der Waals surface area contributed by atoms with Gasteiger partial charge in [-0.2, -0.15) is 0 Å². The van der Waals surface area contributed by atoms with Crippen LogP contribution in [0, 0.1) is 5.92 Å². The van der Waals surface area contributed by atoms with E-state index in [1.54, 1.807) is 12.0 Å². The third kappa shape index (κ3) is 3.79. The fourth-order valence-corrected chi connectivity index (χ4v) is 2.90. The Kier molecular flexibility index (Phi) is 5.20. The van der Waals surface area contributed by atoms with Crippen LogP contribution in [0.25, 0.3) is 0 Å². The van der Waals surface area contributed by atoms with Crippen LogP contribution in [0.4, 0.5) is 0 Å². The first-order valence-corrected chi connectivity index (χ1v) is 8.10. The minimum Gasteiger partial charge on any atom is -0.486 e. The van der Waals surface area contributed by atoms with Crippen molar-refractivity contribution < 1.29 is 23.8 Å². The highest BCUT2D eigenvalue weighted by molar-refractivity contribution is 5.89. The average molecular weight is 334 g/mol. The predicted molar refractivity (Wildman–Crippen MR) is 85.8 cm³/mol. The normalized spacial score (nSPS) is 19.5. The average Bonchev–Trinajstić information content (AvgIpc) is 2.98. The Labute approximate surface area is 140 Å². The summed E-state index contributed by atoms with van der Waals surface area (Å²) >= 11 is 0. The van der Waals surface area contributed by atoms with Gasteiger partial charge in [0.2, 0.25) is 11.8 Å². The molecule has 0 spiro atoms. The number of carbonyl (C=O) groups is 2. The first-order valence-electron chi connectivity index (χ1n) is 8.10. The van der Waals surface area contributed by atoms with E-state index >= 15 is 0 Å². The van der Waals surface area contributed by atoms with Crippen LogP contribution in [0.3, 0.4) is 0 Å². The summed E-state index contributed by atoms with van der Waals surface area (Å²) in [5, 5.41) is 2.90. The van der Waals surface area contributed by atoms with Crippen LogP contribution in [0.1, 0.15) is 12.0 Å². The second kappa shape index (κ2) is 7.53. The van der Waals surface area contributed by atoms with Crippen molar-refractivity contribution >= 4 is 11.8 Å². The van der Waals surface area contributed by atoms with Gasteiger partial charge in [-0.05, 0) is 17.7 Å². The molecule has 2 amide bonds. The van der Waals surface area contributed by atoms with E-state index in [1.165, 1.54) is 0 Å². The number of ether oxygens (including phenoxy) is 3. The van der Waals surface area contributed by atoms with Crippen molar-refractivity contribution in [1.29, 1.82) is 0 Å². The van der Waals surface area contributed by atoms with Gasteiger partial charge >= 0.3 is 0 Å². The molecule has 0 unspecified atom stereocenters. The Morgan fingerprint density at radius 3 is 2.92 bits per heavy atom. The number of carbonyl (C=O) groups excluding carboxylic acids is 2. The van der Waals surface area contributed by atoms with Crippen molar-refractivity contribution in [3.63, 3.8) is 0 Å². The number of fused-ring (bicyclic) bond motifs is 1. The SMILES string of the molecule is COCCN1C[C@H](C(=O)NCc2ccc3c(c2)OCCO3)CC1=O. The molecule has 1 aromatic rings. The third-order valence-corrected chi connectivity index (χ3v) is 4.22. The monoisotopic (exact) mass is 334 g/mol. The van der Waals surface area contributed by atoms with Gasteiger partial charge in [0.05, 0.1) is 12.5 Å². The number of benzene rings is 1. The summed E-state index contributed by atoms with van der Waals surface area (Å²) in [6.45, 7) is 2.95. The smallest absolute Gasteiger partial charge is 0.225 e. The first-order chi connectivity index (χ1) is 11.7. The molecule has 7 nitrogen and oxygen atoms in total. The zero-order valence-electron chi connectivity index (χ0n) is 13.7. The molecule has 1 N–H and O–H groups in total. The summed E-state index contributed by atoms with van der Waals surface area (Å²) in [4.78, 5) is 25.9. The molecule has 130 valence electrons. The second-order valence-electron chi connectivity index (χ2n) is 5.93. The van der Waals surface area contributed by atoms with Gasteiger partial charge in [-0.25, -0.2) is 0 Å². The molecular weight excluding hydrogens is 312 g/mol. The highest BCUT2D eigenvalue weighted by Crippen LogP contribution is 2.30. The van der Waals surface area contributed by atoms with Gasteiger partial charge in [-0.15, -0.1) is 0 Å². The minimum absolute atomic E-state index is 0.00605. The lowest BCUT2D eigenvalue weighted by Gasteiger charge is -2.19. The van der Waals surface area contributed by atoms with Crippen molar-refractivity contribution in [2.24, 2.45) is 5.92 Å². The van der Waals surface area contributed by atoms with E-state index in [4.69, 9.17) is 14.2 Å². The van der Waals surface area contributed by atoms with Crippen molar-refractivity contribution in [2.45, 2.75) is 13.0 Å². The van der Waals surface area contributed by atoms with Crippen LogP contribution >= 0.6 is 0 Å². The summed E-state index contributed by atoms with van der Waals surface area (Å²) in [6, 6.07) is 5.62. The molecule has 0 aliphatic carbocycles. The Morgan fingerprint density at radius 2 is 2.12 bits per heavy atom. The Hall–Kier alpha value is -2.28. The fraction of sp³-hybridized carbons (Fsp3) is 0.529. The molecule has 2 aliphatic heterocycles. The van der Waals surface area contributed by atoms with Gasteiger partial charge in [0, 0.05) is 33.2 Å². The molecule has 0 saturated carbocycles. The number of hydrogen-bond donors (Lipinski definition) is 1. The van der Waals surface area contributed by atoms with Gasteiger partial charge in [0.1, 0.15) is 13.2 Å². The molecule has 1 saturated heterocycles. The maximum absolute atomic E-state index is 12.3. The van der Waals surface area contributed by atoms with Crippen LogP contribution in [0.2, 0.25) is 0 Å². The zero-order chi connectivity index (χ0) is 16.9. The molecule has 3 rings (SSSR count). The standard InChI is InChI=1S/C17H22N2O5/c1-22-5-4-19-11-13(9-16(19)20)17(21)18-10-12-2-3-14-15(8-12)24-7-6-23-14/h2-3,8,13H,4-7,9-11H2,1H3,(H,18,21)/t13-/m1/s1. The molecule has 0 radical (unpaired) electrons. The van der Waals surface area contributed by atoms with Gasteiger partial charge in [0.25, 0.3) is 0 Å². The molecule has 24 heavy (non-hydrogen) atoms. The van der Waals surface area contributed by atoms with E-state index in [2.05, 4.69) is 5.32 Å². The zero-order valence-corrected chi connectivity index (χ0v) is 13.7. The van der Waals surface area contributed by atoms with Crippen LogP contribution in [0.15, 0.2) is 18.2 Å². The number of nitrogens with zero attached hydrogens (tertiary/aromatic N) is 1. The summed E-state index contributed by atoms with van der Waals surface area (Å²) < 4.78 is 16.0. The van der Waals surface area contributed by atoms with E-state index in [9.17, 15) is 9.59 Å². The molecular formula is C17H22N2O5. The largest absolute Gasteiger partial charge is 0.486 e. The van der Waals surface area contributed by atoms with E-state index < -0.39 is 0 Å². The fourth-order valence-electron chi connectivity index (χ4n) is 2.90. The van der Waals surface area contributed by atoms with Crippen molar-refractivity contribution in [1.82, 2.24) is 10.2 Å². The molecule has 2 aliphatic rings. The molecule has 1 aromatic carbocycles. The number of hydrogen-bond acceptors (Lipinski definition) is 5. The lowest BCUT2D eigenvalue weighted by molar-refractivity contribution is -0.129. The van der Waals surface area contributed by atoms with E-state index in [-0.39, 0.29) is 24.2 Å². The highest BCUT2D eigenvalue weighted by atomic mass is 16.6. The van der Waals surface area contributed by atoms with E-state index in [0.29, 0.717) is 45.2 Å². The topological polar surface area (TPSA) is 77.1 Å². The molecule has 1 atom stereocenters. The van der Waals surface area contributed by atoms with Crippen LogP contribution in [-0.2, 0) is 20.9 Å². The molecule has 0 bridgehead atoms. The van der Waals surface area contributed by atoms with E-state index in [1.807, 2.05) is 18.2 Å². The van der Waals surface area contributed by atoms with Gasteiger partial charge in [0.15, 0.2) is 11.5 Å². The minimum atomic E-state index is -0.299. The molecule has 0 aromatic heterocycles. The summed E-state index contributed by atoms with van der Waals surface area (Å²) in [6.07, 6.45) is 0.261. The number of likely N-dealkylation sites (tertiary alicyclic amines) is 1. The van der Waals surface area contributed by atoms with Crippen LogP contribution in [-0.4, -0.2) is 56.7 Å². The maximum Gasteiger partial charge on any atom is 0.225 e. The Bertz CT molecular complexity index is 619. The molecule has 2 heterocycles. The van der Waals surface area contributed by atoms with Crippen molar-refractivity contribution in [3.05, 3.63) is 23.8 Å². The summed E-state index contributed by atoms with van der Waals surface area (Å²) in [5.41, 5.74) is 0.938. The van der Waals surface area contributed by atoms with Gasteiger partial charge in [-0.1, -0.05) is 6.07 Å². The maximum atomic E-state index is 12.3.